The van der Waals surface area contributed by atoms with Gasteiger partial charge in [0.15, 0.2) is 0 Å². The fourth-order valence-electron chi connectivity index (χ4n) is 1.75. The number of nitrogens with two attached hydrogens (primary N) is 1. The zero-order chi connectivity index (χ0) is 14.3. The lowest BCUT2D eigenvalue weighted by molar-refractivity contribution is 0.0940. The van der Waals surface area contributed by atoms with Crippen LogP contribution in [0.5, 0.6) is 0 Å². The Morgan fingerprint density at radius 1 is 1.47 bits per heavy atom. The van der Waals surface area contributed by atoms with Crippen LogP contribution in [0.25, 0.3) is 0 Å². The van der Waals surface area contributed by atoms with Gasteiger partial charge in [-0.25, -0.2) is 0 Å². The molecule has 4 N–H and O–H groups in total. The summed E-state index contributed by atoms with van der Waals surface area (Å²) in [7, 11) is 0. The highest BCUT2D eigenvalue weighted by atomic mass is 32.2. The van der Waals surface area contributed by atoms with Gasteiger partial charge in [0.1, 0.15) is 0 Å². The molecule has 1 unspecified atom stereocenters. The first-order valence-electron chi connectivity index (χ1n) is 6.54. The van der Waals surface area contributed by atoms with Crippen molar-refractivity contribution in [2.75, 3.05) is 16.9 Å². The largest absolute Gasteiger partial charge is 0.349 e. The van der Waals surface area contributed by atoms with Crippen LogP contribution in [0.4, 0.5) is 5.69 Å². The van der Waals surface area contributed by atoms with Gasteiger partial charge in [0.05, 0.1) is 11.3 Å². The highest BCUT2D eigenvalue weighted by Crippen LogP contribution is 2.16. The summed E-state index contributed by atoms with van der Waals surface area (Å²) in [5, 5.41) is 3.01. The summed E-state index contributed by atoms with van der Waals surface area (Å²) < 4.78 is 0. The number of nitrogens with one attached hydrogen (secondary N) is 2. The SMILES string of the molecule is CCSCCC(C)NC(=O)c1cc(C)ccc1NN. The number of benzene rings is 1. The third-order valence-corrected chi connectivity index (χ3v) is 3.78. The van der Waals surface area contributed by atoms with Crippen molar-refractivity contribution >= 4 is 23.4 Å². The number of amides is 1. The number of thioether (sulfide) groups is 1. The molecule has 0 aliphatic carbocycles. The monoisotopic (exact) mass is 281 g/mol. The van der Waals surface area contributed by atoms with Crippen molar-refractivity contribution in [2.45, 2.75) is 33.2 Å². The molecule has 1 aromatic rings. The maximum Gasteiger partial charge on any atom is 0.253 e. The third-order valence-electron chi connectivity index (χ3n) is 2.85. The highest BCUT2D eigenvalue weighted by Gasteiger charge is 2.13. The molecule has 0 saturated carbocycles. The molecule has 0 fully saturated rings. The van der Waals surface area contributed by atoms with Gasteiger partial charge in [-0.3, -0.25) is 10.6 Å². The Morgan fingerprint density at radius 2 is 2.21 bits per heavy atom. The van der Waals surface area contributed by atoms with Crippen molar-refractivity contribution < 1.29 is 4.79 Å². The van der Waals surface area contributed by atoms with E-state index in [9.17, 15) is 4.79 Å². The summed E-state index contributed by atoms with van der Waals surface area (Å²) in [5.74, 6) is 7.53. The molecule has 0 heterocycles. The first kappa shape index (κ1) is 15.9. The molecule has 0 aliphatic heterocycles. The van der Waals surface area contributed by atoms with Crippen LogP contribution in [-0.2, 0) is 0 Å². The zero-order valence-electron chi connectivity index (χ0n) is 11.8. The molecular formula is C14H23N3OS. The van der Waals surface area contributed by atoms with Gasteiger partial charge in [-0.05, 0) is 43.9 Å². The summed E-state index contributed by atoms with van der Waals surface area (Å²) in [6, 6.07) is 5.75. The van der Waals surface area contributed by atoms with Crippen LogP contribution in [0.2, 0.25) is 0 Å². The average molecular weight is 281 g/mol. The van der Waals surface area contributed by atoms with Gasteiger partial charge in [-0.2, -0.15) is 11.8 Å². The van der Waals surface area contributed by atoms with Crippen LogP contribution in [0.3, 0.4) is 0 Å². The van der Waals surface area contributed by atoms with Gasteiger partial charge < -0.3 is 10.7 Å². The predicted octanol–water partition coefficient (Wildman–Crippen LogP) is 2.54. The number of rotatable bonds is 7. The van der Waals surface area contributed by atoms with Gasteiger partial charge in [0.2, 0.25) is 0 Å². The molecule has 1 aromatic carbocycles. The maximum atomic E-state index is 12.2. The average Bonchev–Trinajstić information content (AvgIpc) is 2.39. The number of hydrazine groups is 1. The van der Waals surface area contributed by atoms with E-state index in [4.69, 9.17) is 5.84 Å². The van der Waals surface area contributed by atoms with E-state index in [0.29, 0.717) is 11.3 Å². The fourth-order valence-corrected chi connectivity index (χ4v) is 2.56. The Bertz CT molecular complexity index is 423. The molecule has 1 amide bonds. The molecule has 106 valence electrons. The van der Waals surface area contributed by atoms with Gasteiger partial charge in [-0.1, -0.05) is 18.6 Å². The van der Waals surface area contributed by atoms with E-state index in [1.165, 1.54) is 0 Å². The first-order valence-corrected chi connectivity index (χ1v) is 7.69. The summed E-state index contributed by atoms with van der Waals surface area (Å²) in [5.41, 5.74) is 4.85. The molecule has 0 spiro atoms. The van der Waals surface area contributed by atoms with E-state index >= 15 is 0 Å². The van der Waals surface area contributed by atoms with Crippen LogP contribution in [0.15, 0.2) is 18.2 Å². The van der Waals surface area contributed by atoms with Crippen LogP contribution in [0, 0.1) is 6.92 Å². The number of anilines is 1. The van der Waals surface area contributed by atoms with Crippen molar-refractivity contribution in [2.24, 2.45) is 5.84 Å². The minimum Gasteiger partial charge on any atom is -0.349 e. The topological polar surface area (TPSA) is 67.2 Å². The summed E-state index contributed by atoms with van der Waals surface area (Å²) in [6.07, 6.45) is 0.974. The smallest absolute Gasteiger partial charge is 0.253 e. The Hall–Kier alpha value is -1.20. The van der Waals surface area contributed by atoms with E-state index in [1.54, 1.807) is 0 Å². The molecule has 5 heteroatoms. The molecule has 1 atom stereocenters. The summed E-state index contributed by atoms with van der Waals surface area (Å²) in [4.78, 5) is 12.2. The minimum atomic E-state index is -0.0781. The number of hydrogen-bond donors (Lipinski definition) is 3. The summed E-state index contributed by atoms with van der Waals surface area (Å²) in [6.45, 7) is 6.12. The molecule has 0 bridgehead atoms. The Kier molecular flexibility index (Phi) is 6.73. The Balaban J connectivity index is 2.64. The van der Waals surface area contributed by atoms with Gasteiger partial charge in [0.25, 0.3) is 5.91 Å². The maximum absolute atomic E-state index is 12.2. The molecule has 19 heavy (non-hydrogen) atoms. The predicted molar refractivity (Wildman–Crippen MR) is 83.5 cm³/mol. The normalized spacial score (nSPS) is 12.0. The van der Waals surface area contributed by atoms with Crippen molar-refractivity contribution in [3.63, 3.8) is 0 Å². The Morgan fingerprint density at radius 3 is 2.84 bits per heavy atom. The second-order valence-electron chi connectivity index (χ2n) is 4.55. The number of hydrogen-bond acceptors (Lipinski definition) is 4. The Labute approximate surface area is 119 Å². The van der Waals surface area contributed by atoms with E-state index in [0.717, 1.165) is 23.5 Å². The molecule has 4 nitrogen and oxygen atoms in total. The van der Waals surface area contributed by atoms with Gasteiger partial charge in [-0.15, -0.1) is 0 Å². The van der Waals surface area contributed by atoms with Gasteiger partial charge in [0, 0.05) is 6.04 Å². The van der Waals surface area contributed by atoms with E-state index in [-0.39, 0.29) is 11.9 Å². The quantitative estimate of drug-likeness (QED) is 0.408. The molecule has 0 saturated heterocycles. The zero-order valence-corrected chi connectivity index (χ0v) is 12.6. The van der Waals surface area contributed by atoms with Crippen LogP contribution >= 0.6 is 11.8 Å². The third kappa shape index (κ3) is 5.12. The number of aryl methyl sites for hydroxylation is 1. The fraction of sp³-hybridized carbons (Fsp3) is 0.500. The standard InChI is InChI=1S/C14H23N3OS/c1-4-19-8-7-11(3)16-14(18)12-9-10(2)5-6-13(12)17-15/h5-6,9,11,17H,4,7-8,15H2,1-3H3,(H,16,18). The highest BCUT2D eigenvalue weighted by molar-refractivity contribution is 7.99. The van der Waals surface area contributed by atoms with Crippen LogP contribution < -0.4 is 16.6 Å². The number of carbonyl (C=O) groups is 1. The molecule has 0 aliphatic rings. The van der Waals surface area contributed by atoms with Crippen molar-refractivity contribution in [3.05, 3.63) is 29.3 Å². The second-order valence-corrected chi connectivity index (χ2v) is 5.95. The second kappa shape index (κ2) is 8.07. The summed E-state index contributed by atoms with van der Waals surface area (Å²) >= 11 is 1.89. The van der Waals surface area contributed by atoms with E-state index < -0.39 is 0 Å². The van der Waals surface area contributed by atoms with E-state index in [1.807, 2.05) is 43.8 Å². The molecular weight excluding hydrogens is 258 g/mol. The van der Waals surface area contributed by atoms with Crippen molar-refractivity contribution in [1.82, 2.24) is 5.32 Å². The molecule has 0 aromatic heterocycles. The minimum absolute atomic E-state index is 0.0781. The van der Waals surface area contributed by atoms with Crippen molar-refractivity contribution in [3.8, 4) is 0 Å². The van der Waals surface area contributed by atoms with Crippen molar-refractivity contribution in [1.29, 1.82) is 0 Å². The van der Waals surface area contributed by atoms with Gasteiger partial charge >= 0.3 is 0 Å². The van der Waals surface area contributed by atoms with Crippen LogP contribution in [-0.4, -0.2) is 23.5 Å². The lowest BCUT2D eigenvalue weighted by Crippen LogP contribution is -2.33. The van der Waals surface area contributed by atoms with Crippen LogP contribution in [0.1, 0.15) is 36.2 Å². The first-order chi connectivity index (χ1) is 9.08. The lowest BCUT2D eigenvalue weighted by atomic mass is 10.1. The number of carbonyl (C=O) groups excluding carboxylic acids is 1. The molecule has 1 rings (SSSR count). The number of nitrogen functional groups attached to an aromatic ring is 1. The molecule has 0 radical (unpaired) electrons. The lowest BCUT2D eigenvalue weighted by Gasteiger charge is -2.15. The van der Waals surface area contributed by atoms with E-state index in [2.05, 4.69) is 17.7 Å².